The average molecular weight is 353 g/mol. The van der Waals surface area contributed by atoms with Gasteiger partial charge < -0.3 is 15.4 Å². The van der Waals surface area contributed by atoms with Gasteiger partial charge in [-0.25, -0.2) is 0 Å². The first kappa shape index (κ1) is 15.9. The predicted octanol–water partition coefficient (Wildman–Crippen LogP) is 3.81. The highest BCUT2D eigenvalue weighted by Crippen LogP contribution is 2.42. The van der Waals surface area contributed by atoms with Crippen molar-refractivity contribution in [1.29, 1.82) is 5.26 Å². The van der Waals surface area contributed by atoms with Crippen LogP contribution in [0.25, 0.3) is 22.0 Å². The summed E-state index contributed by atoms with van der Waals surface area (Å²) in [5.74, 6) is 0. The van der Waals surface area contributed by atoms with Crippen molar-refractivity contribution in [2.75, 3.05) is 5.73 Å². The Morgan fingerprint density at radius 3 is 2.76 bits per heavy atom. The number of hydrogen-bond acceptors (Lipinski definition) is 4. The van der Waals surface area contributed by atoms with Crippen LogP contribution in [0.3, 0.4) is 0 Å². The molecule has 0 bridgehead atoms. The van der Waals surface area contributed by atoms with E-state index in [-0.39, 0.29) is 12.1 Å². The van der Waals surface area contributed by atoms with Crippen LogP contribution >= 0.6 is 11.6 Å². The Labute approximate surface area is 150 Å². The van der Waals surface area contributed by atoms with Gasteiger partial charge in [0.2, 0.25) is 0 Å². The number of benzene rings is 1. The minimum absolute atomic E-state index is 0.242. The molecule has 1 aromatic carbocycles. The van der Waals surface area contributed by atoms with Crippen molar-refractivity contribution in [1.82, 2.24) is 9.55 Å². The summed E-state index contributed by atoms with van der Waals surface area (Å²) in [6.07, 6.45) is 6.46. The number of rotatable bonds is 2. The number of nitrogens with two attached hydrogens (primary N) is 1. The number of nitriles is 1. The van der Waals surface area contributed by atoms with Crippen molar-refractivity contribution in [3.8, 4) is 17.2 Å². The summed E-state index contributed by atoms with van der Waals surface area (Å²) in [5.41, 5.74) is 10.6. The van der Waals surface area contributed by atoms with E-state index in [1.165, 1.54) is 6.20 Å². The molecule has 0 atom stereocenters. The van der Waals surface area contributed by atoms with Gasteiger partial charge in [-0.05, 0) is 37.5 Å². The number of aliphatic hydroxyl groups excluding tert-OH is 1. The molecule has 0 radical (unpaired) electrons. The van der Waals surface area contributed by atoms with Crippen LogP contribution in [0.15, 0.2) is 30.7 Å². The van der Waals surface area contributed by atoms with Crippen molar-refractivity contribution in [2.24, 2.45) is 0 Å². The summed E-state index contributed by atoms with van der Waals surface area (Å²) in [4.78, 5) is 4.16. The van der Waals surface area contributed by atoms with E-state index in [9.17, 15) is 10.4 Å². The number of aliphatic hydroxyl groups is 1. The molecule has 6 heteroatoms. The molecular weight excluding hydrogens is 336 g/mol. The molecule has 2 aromatic heterocycles. The van der Waals surface area contributed by atoms with Crippen LogP contribution in [-0.2, 0) is 0 Å². The van der Waals surface area contributed by atoms with Gasteiger partial charge in [-0.15, -0.1) is 0 Å². The third kappa shape index (κ3) is 2.46. The SMILES string of the molecule is Cc1cc2c(cc1C#N)c(-c1cncc(N)c1Cl)cn2C1CC(O)C1. The van der Waals surface area contributed by atoms with E-state index in [4.69, 9.17) is 17.3 Å². The van der Waals surface area contributed by atoms with Gasteiger partial charge in [0.1, 0.15) is 0 Å². The Hall–Kier alpha value is -2.55. The summed E-state index contributed by atoms with van der Waals surface area (Å²) in [5, 5.41) is 20.5. The maximum Gasteiger partial charge on any atom is 0.0994 e. The molecule has 1 fully saturated rings. The van der Waals surface area contributed by atoms with Gasteiger partial charge in [-0.3, -0.25) is 4.98 Å². The van der Waals surface area contributed by atoms with Crippen LogP contribution in [0, 0.1) is 18.3 Å². The van der Waals surface area contributed by atoms with E-state index in [0.717, 1.165) is 40.4 Å². The molecule has 25 heavy (non-hydrogen) atoms. The third-order valence-electron chi connectivity index (χ3n) is 4.98. The second-order valence-electron chi connectivity index (χ2n) is 6.62. The maximum absolute atomic E-state index is 9.69. The van der Waals surface area contributed by atoms with Crippen LogP contribution < -0.4 is 5.73 Å². The number of fused-ring (bicyclic) bond motifs is 1. The van der Waals surface area contributed by atoms with Gasteiger partial charge in [0.05, 0.1) is 34.6 Å². The van der Waals surface area contributed by atoms with Crippen LogP contribution in [0.4, 0.5) is 5.69 Å². The van der Waals surface area contributed by atoms with E-state index in [1.807, 2.05) is 25.3 Å². The summed E-state index contributed by atoms with van der Waals surface area (Å²) in [6, 6.07) is 6.40. The van der Waals surface area contributed by atoms with E-state index >= 15 is 0 Å². The fraction of sp³-hybridized carbons (Fsp3) is 0.263. The quantitative estimate of drug-likeness (QED) is 0.734. The van der Waals surface area contributed by atoms with Crippen molar-refractivity contribution in [3.63, 3.8) is 0 Å². The predicted molar refractivity (Wildman–Crippen MR) is 98.3 cm³/mol. The topological polar surface area (TPSA) is 87.9 Å². The molecule has 0 spiro atoms. The number of nitrogen functional groups attached to an aromatic ring is 1. The van der Waals surface area contributed by atoms with Gasteiger partial charge in [-0.1, -0.05) is 11.6 Å². The zero-order chi connectivity index (χ0) is 17.7. The fourth-order valence-electron chi connectivity index (χ4n) is 3.47. The molecule has 0 amide bonds. The lowest BCUT2D eigenvalue weighted by atomic mass is 9.89. The third-order valence-corrected chi connectivity index (χ3v) is 5.40. The average Bonchev–Trinajstić information content (AvgIpc) is 2.91. The summed E-state index contributed by atoms with van der Waals surface area (Å²) in [6.45, 7) is 1.93. The summed E-state index contributed by atoms with van der Waals surface area (Å²) >= 11 is 6.41. The van der Waals surface area contributed by atoms with Crippen molar-refractivity contribution >= 4 is 28.2 Å². The Morgan fingerprint density at radius 1 is 1.32 bits per heavy atom. The number of aromatic nitrogens is 2. The van der Waals surface area contributed by atoms with Gasteiger partial charge in [0, 0.05) is 40.5 Å². The molecule has 3 N–H and O–H groups in total. The zero-order valence-electron chi connectivity index (χ0n) is 13.7. The number of halogens is 1. The molecule has 1 aliphatic carbocycles. The Morgan fingerprint density at radius 2 is 2.08 bits per heavy atom. The summed E-state index contributed by atoms with van der Waals surface area (Å²) < 4.78 is 2.17. The molecule has 1 aliphatic rings. The lowest BCUT2D eigenvalue weighted by molar-refractivity contribution is 0.0504. The number of pyridine rings is 1. The number of aryl methyl sites for hydroxylation is 1. The minimum atomic E-state index is -0.247. The van der Waals surface area contributed by atoms with Crippen LogP contribution in [0.5, 0.6) is 0 Å². The van der Waals surface area contributed by atoms with E-state index in [1.54, 1.807) is 6.20 Å². The van der Waals surface area contributed by atoms with E-state index in [0.29, 0.717) is 16.3 Å². The zero-order valence-corrected chi connectivity index (χ0v) is 14.5. The number of hydrogen-bond donors (Lipinski definition) is 2. The molecule has 0 saturated heterocycles. The van der Waals surface area contributed by atoms with E-state index in [2.05, 4.69) is 15.6 Å². The largest absolute Gasteiger partial charge is 0.396 e. The van der Waals surface area contributed by atoms with Crippen LogP contribution in [0.2, 0.25) is 5.02 Å². The molecule has 0 aliphatic heterocycles. The van der Waals surface area contributed by atoms with Gasteiger partial charge in [-0.2, -0.15) is 5.26 Å². The highest BCUT2D eigenvalue weighted by atomic mass is 35.5. The lowest BCUT2D eigenvalue weighted by Crippen LogP contribution is -2.30. The second-order valence-corrected chi connectivity index (χ2v) is 6.99. The maximum atomic E-state index is 9.69. The molecule has 4 rings (SSSR count). The van der Waals surface area contributed by atoms with Crippen molar-refractivity contribution in [2.45, 2.75) is 31.9 Å². The molecule has 0 unspecified atom stereocenters. The molecule has 5 nitrogen and oxygen atoms in total. The Kier molecular flexibility index (Phi) is 3.68. The van der Waals surface area contributed by atoms with Crippen LogP contribution in [-0.4, -0.2) is 20.8 Å². The summed E-state index contributed by atoms with van der Waals surface area (Å²) in [7, 11) is 0. The first-order chi connectivity index (χ1) is 12.0. The highest BCUT2D eigenvalue weighted by Gasteiger charge is 2.30. The second kappa shape index (κ2) is 5.76. The van der Waals surface area contributed by atoms with Gasteiger partial charge in [0.15, 0.2) is 0 Å². The number of anilines is 1. The Balaban J connectivity index is 2.00. The first-order valence-electron chi connectivity index (χ1n) is 8.12. The standard InChI is InChI=1S/C19H17ClN4O/c1-10-2-18-14(3-11(10)6-21)16(9-24(18)12-4-13(25)5-12)15-7-23-8-17(22)19(15)20/h2-3,7-9,12-13,25H,4-5,22H2,1H3. The molecule has 1 saturated carbocycles. The van der Waals surface area contributed by atoms with Gasteiger partial charge >= 0.3 is 0 Å². The molecule has 2 heterocycles. The van der Waals surface area contributed by atoms with Crippen molar-refractivity contribution < 1.29 is 5.11 Å². The van der Waals surface area contributed by atoms with Gasteiger partial charge in [0.25, 0.3) is 0 Å². The molecule has 126 valence electrons. The van der Waals surface area contributed by atoms with Crippen molar-refractivity contribution in [3.05, 3.63) is 46.9 Å². The van der Waals surface area contributed by atoms with Crippen LogP contribution in [0.1, 0.15) is 30.0 Å². The van der Waals surface area contributed by atoms with E-state index < -0.39 is 0 Å². The fourth-order valence-corrected chi connectivity index (χ4v) is 3.67. The lowest BCUT2D eigenvalue weighted by Gasteiger charge is -2.33. The normalized spacial score (nSPS) is 19.6. The minimum Gasteiger partial charge on any atom is -0.396 e. The first-order valence-corrected chi connectivity index (χ1v) is 8.50. The number of nitrogens with zero attached hydrogens (tertiary/aromatic N) is 3. The Bertz CT molecular complexity index is 1030. The monoisotopic (exact) mass is 352 g/mol. The highest BCUT2D eigenvalue weighted by molar-refractivity contribution is 6.36. The smallest absolute Gasteiger partial charge is 0.0994 e. The molecular formula is C19H17ClN4O. The molecule has 3 aromatic rings.